The maximum Gasteiger partial charge on any atom is 0.229 e. The van der Waals surface area contributed by atoms with Crippen molar-refractivity contribution >= 4 is 28.5 Å². The van der Waals surface area contributed by atoms with Crippen LogP contribution in [-0.4, -0.2) is 27.6 Å². The molecule has 0 unspecified atom stereocenters. The van der Waals surface area contributed by atoms with Crippen LogP contribution in [-0.2, 0) is 4.79 Å². The van der Waals surface area contributed by atoms with Gasteiger partial charge in [0.2, 0.25) is 5.91 Å². The van der Waals surface area contributed by atoms with Gasteiger partial charge in [0.05, 0.1) is 10.0 Å². The molecular formula is C7H12INO2. The number of carbonyl (C=O) groups excluding carboxylic acids is 1. The van der Waals surface area contributed by atoms with Gasteiger partial charge in [0.1, 0.15) is 0 Å². The van der Waals surface area contributed by atoms with E-state index in [1.165, 1.54) is 0 Å². The van der Waals surface area contributed by atoms with Crippen molar-refractivity contribution in [2.24, 2.45) is 0 Å². The van der Waals surface area contributed by atoms with Gasteiger partial charge in [-0.1, -0.05) is 22.6 Å². The number of alkyl halides is 1. The molecule has 3 nitrogen and oxygen atoms in total. The third-order valence-electron chi connectivity index (χ3n) is 2.02. The number of nitrogens with one attached hydrogen (secondary N) is 1. The van der Waals surface area contributed by atoms with E-state index in [0.29, 0.717) is 11.0 Å². The number of halogens is 1. The molecule has 1 fully saturated rings. The second-order valence-electron chi connectivity index (χ2n) is 2.99. The van der Waals surface area contributed by atoms with Crippen LogP contribution in [0.25, 0.3) is 0 Å². The summed E-state index contributed by atoms with van der Waals surface area (Å²) in [5, 5.41) is 12.2. The van der Waals surface area contributed by atoms with Crippen LogP contribution in [0.4, 0.5) is 0 Å². The van der Waals surface area contributed by atoms with E-state index >= 15 is 0 Å². The number of amides is 1. The monoisotopic (exact) mass is 269 g/mol. The largest absolute Gasteiger partial charge is 0.388 e. The zero-order chi connectivity index (χ0) is 8.32. The molecule has 0 aromatic carbocycles. The Bertz CT molecular complexity index is 157. The molecule has 1 saturated carbocycles. The van der Waals surface area contributed by atoms with Gasteiger partial charge < -0.3 is 10.4 Å². The summed E-state index contributed by atoms with van der Waals surface area (Å²) in [6, 6.07) is 0. The molecule has 64 valence electrons. The molecule has 0 heterocycles. The van der Waals surface area contributed by atoms with Crippen LogP contribution in [0.3, 0.4) is 0 Å². The van der Waals surface area contributed by atoms with E-state index in [2.05, 4.69) is 5.32 Å². The molecule has 4 heteroatoms. The Balaban J connectivity index is 2.16. The Hall–Kier alpha value is 0.160. The number of rotatable bonds is 3. The third-order valence-corrected chi connectivity index (χ3v) is 2.71. The van der Waals surface area contributed by atoms with Crippen LogP contribution in [0.5, 0.6) is 0 Å². The lowest BCUT2D eigenvalue weighted by atomic mass is 9.80. The lowest BCUT2D eigenvalue weighted by Crippen LogP contribution is -2.48. The maximum absolute atomic E-state index is 10.8. The zero-order valence-electron chi connectivity index (χ0n) is 6.27. The van der Waals surface area contributed by atoms with E-state index in [-0.39, 0.29) is 5.91 Å². The fraction of sp³-hybridized carbons (Fsp3) is 0.857. The van der Waals surface area contributed by atoms with E-state index in [0.717, 1.165) is 19.3 Å². The van der Waals surface area contributed by atoms with Gasteiger partial charge in [-0.2, -0.15) is 0 Å². The summed E-state index contributed by atoms with van der Waals surface area (Å²) in [4.78, 5) is 10.8. The number of hydrogen-bond donors (Lipinski definition) is 2. The Morgan fingerprint density at radius 1 is 1.64 bits per heavy atom. The molecule has 1 amide bonds. The minimum absolute atomic E-state index is 0.00549. The van der Waals surface area contributed by atoms with Crippen molar-refractivity contribution in [3.63, 3.8) is 0 Å². The van der Waals surface area contributed by atoms with Crippen LogP contribution >= 0.6 is 22.6 Å². The first-order valence-corrected chi connectivity index (χ1v) is 5.24. The topological polar surface area (TPSA) is 49.3 Å². The van der Waals surface area contributed by atoms with Gasteiger partial charge in [0.15, 0.2) is 0 Å². The molecule has 1 rings (SSSR count). The quantitative estimate of drug-likeness (QED) is 0.577. The van der Waals surface area contributed by atoms with Crippen LogP contribution in [0.2, 0.25) is 0 Å². The minimum Gasteiger partial charge on any atom is -0.388 e. The molecule has 0 aromatic rings. The standard InChI is InChI=1S/C7H12INO2/c8-4-6(10)9-5-7(11)2-1-3-7/h11H,1-5H2,(H,9,10). The number of aliphatic hydroxyl groups is 1. The number of carbonyl (C=O) groups is 1. The van der Waals surface area contributed by atoms with Crippen LogP contribution in [0, 0.1) is 0 Å². The van der Waals surface area contributed by atoms with Crippen molar-refractivity contribution in [2.45, 2.75) is 24.9 Å². The maximum atomic E-state index is 10.8. The molecule has 0 aromatic heterocycles. The van der Waals surface area contributed by atoms with Crippen LogP contribution in [0.1, 0.15) is 19.3 Å². The Morgan fingerprint density at radius 2 is 2.27 bits per heavy atom. The summed E-state index contributed by atoms with van der Waals surface area (Å²) in [6.07, 6.45) is 2.74. The summed E-state index contributed by atoms with van der Waals surface area (Å²) < 4.78 is 0.466. The second-order valence-corrected chi connectivity index (χ2v) is 3.75. The van der Waals surface area contributed by atoms with E-state index in [1.54, 1.807) is 0 Å². The predicted octanol–water partition coefficient (Wildman–Crippen LogP) is 0.453. The second kappa shape index (κ2) is 3.71. The molecule has 0 saturated heterocycles. The SMILES string of the molecule is O=C(CI)NCC1(O)CCC1. The minimum atomic E-state index is -0.582. The van der Waals surface area contributed by atoms with E-state index < -0.39 is 5.60 Å². The fourth-order valence-corrected chi connectivity index (χ4v) is 1.34. The van der Waals surface area contributed by atoms with Crippen molar-refractivity contribution < 1.29 is 9.90 Å². The Morgan fingerprint density at radius 3 is 2.64 bits per heavy atom. The summed E-state index contributed by atoms with van der Waals surface area (Å²) in [5.74, 6) is 0.00549. The zero-order valence-corrected chi connectivity index (χ0v) is 8.43. The summed E-state index contributed by atoms with van der Waals surface area (Å²) in [7, 11) is 0. The average Bonchev–Trinajstić information content (AvgIpc) is 1.96. The molecule has 11 heavy (non-hydrogen) atoms. The van der Waals surface area contributed by atoms with E-state index in [4.69, 9.17) is 0 Å². The highest BCUT2D eigenvalue weighted by Crippen LogP contribution is 2.30. The normalized spacial score (nSPS) is 20.5. The van der Waals surface area contributed by atoms with E-state index in [9.17, 15) is 9.90 Å². The van der Waals surface area contributed by atoms with Crippen LogP contribution in [0.15, 0.2) is 0 Å². The van der Waals surface area contributed by atoms with Gasteiger partial charge in [0.25, 0.3) is 0 Å². The average molecular weight is 269 g/mol. The highest BCUT2D eigenvalue weighted by atomic mass is 127. The summed E-state index contributed by atoms with van der Waals surface area (Å²) >= 11 is 2.00. The molecule has 0 aliphatic heterocycles. The molecule has 0 radical (unpaired) electrons. The first-order valence-electron chi connectivity index (χ1n) is 3.71. The highest BCUT2D eigenvalue weighted by Gasteiger charge is 2.34. The predicted molar refractivity (Wildman–Crippen MR) is 50.7 cm³/mol. The summed E-state index contributed by atoms with van der Waals surface area (Å²) in [5.41, 5.74) is -0.582. The summed E-state index contributed by atoms with van der Waals surface area (Å²) in [6.45, 7) is 0.425. The van der Waals surface area contributed by atoms with Gasteiger partial charge in [-0.05, 0) is 19.3 Å². The van der Waals surface area contributed by atoms with Gasteiger partial charge in [-0.15, -0.1) is 0 Å². The van der Waals surface area contributed by atoms with Gasteiger partial charge in [0, 0.05) is 6.54 Å². The van der Waals surface area contributed by atoms with Crippen molar-refractivity contribution in [3.8, 4) is 0 Å². The van der Waals surface area contributed by atoms with Gasteiger partial charge in [-0.3, -0.25) is 4.79 Å². The highest BCUT2D eigenvalue weighted by molar-refractivity contribution is 14.1. The molecule has 1 aliphatic rings. The molecule has 2 N–H and O–H groups in total. The molecule has 0 spiro atoms. The van der Waals surface area contributed by atoms with Crippen molar-refractivity contribution in [1.29, 1.82) is 0 Å². The fourth-order valence-electron chi connectivity index (χ4n) is 1.07. The van der Waals surface area contributed by atoms with Crippen LogP contribution < -0.4 is 5.32 Å². The smallest absolute Gasteiger partial charge is 0.229 e. The van der Waals surface area contributed by atoms with Gasteiger partial charge >= 0.3 is 0 Å². The lowest BCUT2D eigenvalue weighted by molar-refractivity contribution is -0.120. The van der Waals surface area contributed by atoms with Crippen molar-refractivity contribution in [2.75, 3.05) is 11.0 Å². The first kappa shape index (κ1) is 9.25. The lowest BCUT2D eigenvalue weighted by Gasteiger charge is -2.36. The molecule has 0 atom stereocenters. The molecule has 0 bridgehead atoms. The molecular weight excluding hydrogens is 257 g/mol. The Kier molecular flexibility index (Phi) is 3.12. The Labute approximate surface area is 79.7 Å². The van der Waals surface area contributed by atoms with Crippen molar-refractivity contribution in [3.05, 3.63) is 0 Å². The number of hydrogen-bond acceptors (Lipinski definition) is 2. The van der Waals surface area contributed by atoms with Crippen molar-refractivity contribution in [1.82, 2.24) is 5.32 Å². The van der Waals surface area contributed by atoms with Gasteiger partial charge in [-0.25, -0.2) is 0 Å². The molecule has 1 aliphatic carbocycles. The third kappa shape index (κ3) is 2.59. The van der Waals surface area contributed by atoms with E-state index in [1.807, 2.05) is 22.6 Å². The first-order chi connectivity index (χ1) is 5.16.